The number of carbonyl (C=O) groups excluding carboxylic acids is 1. The van der Waals surface area contributed by atoms with Crippen molar-refractivity contribution in [1.29, 1.82) is 0 Å². The first-order valence-corrected chi connectivity index (χ1v) is 5.09. The molecule has 1 rings (SSSR count). The predicted octanol–water partition coefficient (Wildman–Crippen LogP) is -0.919. The van der Waals surface area contributed by atoms with Crippen LogP contribution in [-0.4, -0.2) is 23.7 Å². The molecule has 16 heavy (non-hydrogen) atoms. The third kappa shape index (κ3) is 3.62. The average Bonchev–Trinajstić information content (AvgIpc) is 2.35. The van der Waals surface area contributed by atoms with Gasteiger partial charge in [0.1, 0.15) is 6.04 Å². The Hall–Kier alpha value is -1.43. The lowest BCUT2D eigenvalue weighted by Gasteiger charge is -2.10. The molecule has 0 aliphatic heterocycles. The zero-order valence-electron chi connectivity index (χ0n) is 9.02. The SMILES string of the molecule is NCc1cccc(CNC(=O)[C@H](N)CO)c1. The molecule has 5 heteroatoms. The summed E-state index contributed by atoms with van der Waals surface area (Å²) in [6, 6.07) is 6.76. The molecule has 0 aromatic heterocycles. The van der Waals surface area contributed by atoms with E-state index in [2.05, 4.69) is 5.32 Å². The molecule has 0 fully saturated rings. The van der Waals surface area contributed by atoms with Crippen LogP contribution in [0.1, 0.15) is 11.1 Å². The lowest BCUT2D eigenvalue weighted by Crippen LogP contribution is -2.42. The van der Waals surface area contributed by atoms with Crippen molar-refractivity contribution < 1.29 is 9.90 Å². The summed E-state index contributed by atoms with van der Waals surface area (Å²) >= 11 is 0. The van der Waals surface area contributed by atoms with Crippen LogP contribution in [0.2, 0.25) is 0 Å². The van der Waals surface area contributed by atoms with Gasteiger partial charge in [0.05, 0.1) is 6.61 Å². The van der Waals surface area contributed by atoms with Crippen LogP contribution >= 0.6 is 0 Å². The van der Waals surface area contributed by atoms with Gasteiger partial charge < -0.3 is 21.9 Å². The fraction of sp³-hybridized carbons (Fsp3) is 0.364. The van der Waals surface area contributed by atoms with Crippen molar-refractivity contribution in [2.75, 3.05) is 6.61 Å². The van der Waals surface area contributed by atoms with E-state index in [1.807, 2.05) is 24.3 Å². The van der Waals surface area contributed by atoms with E-state index < -0.39 is 6.04 Å². The number of carbonyl (C=O) groups is 1. The Morgan fingerprint density at radius 3 is 2.75 bits per heavy atom. The normalized spacial score (nSPS) is 12.2. The molecule has 5 nitrogen and oxygen atoms in total. The van der Waals surface area contributed by atoms with Crippen LogP contribution in [0.5, 0.6) is 0 Å². The Morgan fingerprint density at radius 2 is 2.12 bits per heavy atom. The van der Waals surface area contributed by atoms with Crippen molar-refractivity contribution in [1.82, 2.24) is 5.32 Å². The Bertz CT molecular complexity index is 355. The van der Waals surface area contributed by atoms with Gasteiger partial charge in [0.2, 0.25) is 5.91 Å². The molecule has 0 aliphatic rings. The number of nitrogens with two attached hydrogens (primary N) is 2. The lowest BCUT2D eigenvalue weighted by molar-refractivity contribution is -0.123. The maximum atomic E-state index is 11.3. The number of aliphatic hydroxyl groups is 1. The number of benzene rings is 1. The number of hydrogen-bond acceptors (Lipinski definition) is 4. The highest BCUT2D eigenvalue weighted by atomic mass is 16.3. The number of rotatable bonds is 5. The van der Waals surface area contributed by atoms with E-state index in [0.717, 1.165) is 11.1 Å². The van der Waals surface area contributed by atoms with Gasteiger partial charge in [-0.1, -0.05) is 24.3 Å². The molecule has 0 radical (unpaired) electrons. The lowest BCUT2D eigenvalue weighted by atomic mass is 10.1. The van der Waals surface area contributed by atoms with Crippen LogP contribution in [0, 0.1) is 0 Å². The van der Waals surface area contributed by atoms with Crippen LogP contribution in [0.15, 0.2) is 24.3 Å². The minimum absolute atomic E-state index is 0.353. The topological polar surface area (TPSA) is 101 Å². The van der Waals surface area contributed by atoms with Gasteiger partial charge in [-0.3, -0.25) is 4.79 Å². The predicted molar refractivity (Wildman–Crippen MR) is 61.2 cm³/mol. The van der Waals surface area contributed by atoms with Crippen LogP contribution in [0.3, 0.4) is 0 Å². The van der Waals surface area contributed by atoms with Crippen LogP contribution in [0.4, 0.5) is 0 Å². The minimum Gasteiger partial charge on any atom is -0.394 e. The van der Waals surface area contributed by atoms with E-state index in [1.165, 1.54) is 0 Å². The molecule has 1 aromatic rings. The first-order valence-electron chi connectivity index (χ1n) is 5.09. The molecule has 0 spiro atoms. The summed E-state index contributed by atoms with van der Waals surface area (Å²) in [7, 11) is 0. The van der Waals surface area contributed by atoms with Crippen molar-refractivity contribution in [3.8, 4) is 0 Å². The maximum absolute atomic E-state index is 11.3. The zero-order valence-corrected chi connectivity index (χ0v) is 9.02. The molecule has 1 aromatic carbocycles. The van der Waals surface area contributed by atoms with Crippen molar-refractivity contribution in [3.05, 3.63) is 35.4 Å². The van der Waals surface area contributed by atoms with E-state index in [-0.39, 0.29) is 12.5 Å². The van der Waals surface area contributed by atoms with Gasteiger partial charge in [0.25, 0.3) is 0 Å². The zero-order chi connectivity index (χ0) is 12.0. The molecule has 0 bridgehead atoms. The summed E-state index contributed by atoms with van der Waals surface area (Å²) in [5.41, 5.74) is 12.8. The second-order valence-corrected chi connectivity index (χ2v) is 3.53. The molecule has 0 heterocycles. The van der Waals surface area contributed by atoms with Crippen molar-refractivity contribution in [2.24, 2.45) is 11.5 Å². The maximum Gasteiger partial charge on any atom is 0.239 e. The number of nitrogens with one attached hydrogen (secondary N) is 1. The number of aliphatic hydroxyl groups excluding tert-OH is 1. The largest absolute Gasteiger partial charge is 0.394 e. The van der Waals surface area contributed by atoms with Gasteiger partial charge in [0.15, 0.2) is 0 Å². The summed E-state index contributed by atoms with van der Waals surface area (Å²) < 4.78 is 0. The summed E-state index contributed by atoms with van der Waals surface area (Å²) in [5.74, 6) is -0.361. The fourth-order valence-corrected chi connectivity index (χ4v) is 1.27. The van der Waals surface area contributed by atoms with E-state index >= 15 is 0 Å². The first kappa shape index (κ1) is 12.6. The Balaban J connectivity index is 2.51. The average molecular weight is 223 g/mol. The molecule has 6 N–H and O–H groups in total. The van der Waals surface area contributed by atoms with E-state index in [9.17, 15) is 4.79 Å². The highest BCUT2D eigenvalue weighted by Gasteiger charge is 2.10. The second-order valence-electron chi connectivity index (χ2n) is 3.53. The molecule has 0 unspecified atom stereocenters. The van der Waals surface area contributed by atoms with Gasteiger partial charge in [-0.05, 0) is 11.1 Å². The van der Waals surface area contributed by atoms with E-state index in [1.54, 1.807) is 0 Å². The van der Waals surface area contributed by atoms with E-state index in [4.69, 9.17) is 16.6 Å². The molecular weight excluding hydrogens is 206 g/mol. The van der Waals surface area contributed by atoms with Gasteiger partial charge >= 0.3 is 0 Å². The first-order chi connectivity index (χ1) is 7.67. The highest BCUT2D eigenvalue weighted by Crippen LogP contribution is 2.04. The van der Waals surface area contributed by atoms with Crippen LogP contribution in [-0.2, 0) is 17.9 Å². The Kier molecular flexibility index (Phi) is 4.91. The molecule has 1 amide bonds. The second kappa shape index (κ2) is 6.22. The Labute approximate surface area is 94.4 Å². The summed E-state index contributed by atoms with van der Waals surface area (Å²) in [4.78, 5) is 11.3. The van der Waals surface area contributed by atoms with E-state index in [0.29, 0.717) is 13.1 Å². The molecule has 1 atom stereocenters. The smallest absolute Gasteiger partial charge is 0.239 e. The third-order valence-corrected chi connectivity index (χ3v) is 2.23. The molecule has 0 saturated carbocycles. The van der Waals surface area contributed by atoms with Crippen LogP contribution < -0.4 is 16.8 Å². The van der Waals surface area contributed by atoms with Gasteiger partial charge in [0, 0.05) is 13.1 Å². The molecular formula is C11H17N3O2. The third-order valence-electron chi connectivity index (χ3n) is 2.23. The highest BCUT2D eigenvalue weighted by molar-refractivity contribution is 5.81. The van der Waals surface area contributed by atoms with Crippen LogP contribution in [0.25, 0.3) is 0 Å². The van der Waals surface area contributed by atoms with Crippen molar-refractivity contribution >= 4 is 5.91 Å². The quantitative estimate of drug-likeness (QED) is 0.518. The number of amides is 1. The fourth-order valence-electron chi connectivity index (χ4n) is 1.27. The summed E-state index contributed by atoms with van der Waals surface area (Å²) in [6.07, 6.45) is 0. The molecule has 0 aliphatic carbocycles. The van der Waals surface area contributed by atoms with Crippen molar-refractivity contribution in [3.63, 3.8) is 0 Å². The summed E-state index contributed by atoms with van der Waals surface area (Å²) in [6.45, 7) is 0.507. The van der Waals surface area contributed by atoms with Gasteiger partial charge in [-0.2, -0.15) is 0 Å². The van der Waals surface area contributed by atoms with Crippen molar-refractivity contribution in [2.45, 2.75) is 19.1 Å². The Morgan fingerprint density at radius 1 is 1.44 bits per heavy atom. The molecule has 88 valence electrons. The monoisotopic (exact) mass is 223 g/mol. The number of hydrogen-bond donors (Lipinski definition) is 4. The minimum atomic E-state index is -0.863. The van der Waals surface area contributed by atoms with Gasteiger partial charge in [-0.25, -0.2) is 0 Å². The van der Waals surface area contributed by atoms with Gasteiger partial charge in [-0.15, -0.1) is 0 Å². The summed E-state index contributed by atoms with van der Waals surface area (Å²) in [5, 5.41) is 11.3. The molecule has 0 saturated heterocycles. The standard InChI is InChI=1S/C11H17N3O2/c12-5-8-2-1-3-9(4-8)6-14-11(16)10(13)7-15/h1-4,10,15H,5-7,12-13H2,(H,14,16)/t10-/m1/s1.